The summed E-state index contributed by atoms with van der Waals surface area (Å²) in [4.78, 5) is 14.8. The van der Waals surface area contributed by atoms with Crippen molar-refractivity contribution in [3.63, 3.8) is 0 Å². The first-order chi connectivity index (χ1) is 4.69. The molecule has 0 spiro atoms. The van der Waals surface area contributed by atoms with E-state index in [1.54, 1.807) is 25.3 Å². The lowest BCUT2D eigenvalue weighted by Gasteiger charge is -2.14. The number of hydrogen-bond donors (Lipinski definition) is 2. The average molecular weight is 139 g/mol. The number of hydrogen-bond acceptors (Lipinski definition) is 3. The van der Waals surface area contributed by atoms with E-state index in [2.05, 4.69) is 4.99 Å². The number of nitrogens with zero attached hydrogens (tertiary/aromatic N) is 1. The summed E-state index contributed by atoms with van der Waals surface area (Å²) in [6.07, 6.45) is 4.99. The van der Waals surface area contributed by atoms with Gasteiger partial charge in [0, 0.05) is 6.21 Å². The maximum absolute atomic E-state index is 10.9. The number of allylic oxidation sites excluding steroid dienone is 1. The third-order valence-electron chi connectivity index (χ3n) is 1.44. The molecule has 0 fully saturated rings. The Morgan fingerprint density at radius 2 is 2.50 bits per heavy atom. The number of hydrazine groups is 1. The van der Waals surface area contributed by atoms with Crippen molar-refractivity contribution in [3.8, 4) is 0 Å². The minimum absolute atomic E-state index is 0.294. The standard InChI is InChI=1S/C6H9N3O/c1-6(5(10)9-7)3-2-4-8-6/h2-4H,7H2,1H3,(H,9,10). The van der Waals surface area contributed by atoms with Gasteiger partial charge in [-0.3, -0.25) is 15.2 Å². The van der Waals surface area contributed by atoms with E-state index in [-0.39, 0.29) is 5.91 Å². The molecule has 1 aliphatic rings. The number of nitrogens with one attached hydrogen (secondary N) is 1. The van der Waals surface area contributed by atoms with Crippen LogP contribution in [0.25, 0.3) is 0 Å². The number of carbonyl (C=O) groups excluding carboxylic acids is 1. The molecule has 3 N–H and O–H groups in total. The molecule has 4 nitrogen and oxygen atoms in total. The van der Waals surface area contributed by atoms with E-state index in [9.17, 15) is 4.79 Å². The van der Waals surface area contributed by atoms with Crippen LogP contribution in [0.1, 0.15) is 6.92 Å². The van der Waals surface area contributed by atoms with Crippen LogP contribution < -0.4 is 11.3 Å². The van der Waals surface area contributed by atoms with Crippen LogP contribution in [0.2, 0.25) is 0 Å². The largest absolute Gasteiger partial charge is 0.292 e. The van der Waals surface area contributed by atoms with Crippen LogP contribution >= 0.6 is 0 Å². The summed E-state index contributed by atoms with van der Waals surface area (Å²) in [6.45, 7) is 1.69. The number of amides is 1. The first-order valence-corrected chi connectivity index (χ1v) is 2.93. The lowest BCUT2D eigenvalue weighted by atomic mass is 10.0. The van der Waals surface area contributed by atoms with Gasteiger partial charge in [0.25, 0.3) is 5.91 Å². The molecule has 1 unspecified atom stereocenters. The number of aliphatic imine (C=N–C) groups is 1. The van der Waals surface area contributed by atoms with Crippen LogP contribution in [0.3, 0.4) is 0 Å². The van der Waals surface area contributed by atoms with E-state index in [0.29, 0.717) is 0 Å². The van der Waals surface area contributed by atoms with E-state index in [1.165, 1.54) is 0 Å². The predicted octanol–water partition coefficient (Wildman–Crippen LogP) is -0.624. The van der Waals surface area contributed by atoms with Crippen molar-refractivity contribution in [1.82, 2.24) is 5.43 Å². The lowest BCUT2D eigenvalue weighted by Crippen LogP contribution is -2.44. The van der Waals surface area contributed by atoms with E-state index in [4.69, 9.17) is 5.84 Å². The Morgan fingerprint density at radius 3 is 2.90 bits per heavy atom. The third kappa shape index (κ3) is 0.930. The Bertz CT molecular complexity index is 195. The fourth-order valence-electron chi connectivity index (χ4n) is 0.752. The van der Waals surface area contributed by atoms with Crippen LogP contribution in [-0.4, -0.2) is 17.7 Å². The summed E-state index contributed by atoms with van der Waals surface area (Å²) >= 11 is 0. The van der Waals surface area contributed by atoms with E-state index >= 15 is 0 Å². The molecule has 1 rings (SSSR count). The second kappa shape index (κ2) is 2.22. The molecule has 54 valence electrons. The normalized spacial score (nSPS) is 29.0. The molecule has 1 amide bonds. The van der Waals surface area contributed by atoms with Gasteiger partial charge in [-0.2, -0.15) is 0 Å². The molecule has 0 aromatic heterocycles. The molecular formula is C6H9N3O. The summed E-state index contributed by atoms with van der Waals surface area (Å²) in [6, 6.07) is 0. The predicted molar refractivity (Wildman–Crippen MR) is 38.4 cm³/mol. The van der Waals surface area contributed by atoms with Gasteiger partial charge in [-0.05, 0) is 19.1 Å². The summed E-state index contributed by atoms with van der Waals surface area (Å²) in [5.74, 6) is 4.64. The Hall–Kier alpha value is -1.16. The molecule has 0 radical (unpaired) electrons. The fraction of sp³-hybridized carbons (Fsp3) is 0.333. The SMILES string of the molecule is CC1(C(=O)NN)C=CC=N1. The first kappa shape index (κ1) is 6.95. The molecule has 0 aromatic rings. The van der Waals surface area contributed by atoms with Gasteiger partial charge in [0.1, 0.15) is 0 Å². The second-order valence-corrected chi connectivity index (χ2v) is 2.26. The van der Waals surface area contributed by atoms with Gasteiger partial charge < -0.3 is 0 Å². The molecule has 1 atom stereocenters. The van der Waals surface area contributed by atoms with Gasteiger partial charge >= 0.3 is 0 Å². The molecule has 0 saturated heterocycles. The summed E-state index contributed by atoms with van der Waals surface area (Å²) < 4.78 is 0. The molecule has 0 bridgehead atoms. The summed E-state index contributed by atoms with van der Waals surface area (Å²) in [5, 5.41) is 0. The third-order valence-corrected chi connectivity index (χ3v) is 1.44. The minimum atomic E-state index is -0.783. The van der Waals surface area contributed by atoms with Gasteiger partial charge in [0.15, 0.2) is 5.54 Å². The maximum Gasteiger partial charge on any atom is 0.265 e. The smallest absolute Gasteiger partial charge is 0.265 e. The van der Waals surface area contributed by atoms with Gasteiger partial charge in [-0.25, -0.2) is 5.84 Å². The number of nitrogens with two attached hydrogens (primary N) is 1. The number of rotatable bonds is 1. The zero-order chi connectivity index (χ0) is 7.61. The minimum Gasteiger partial charge on any atom is -0.292 e. The second-order valence-electron chi connectivity index (χ2n) is 2.26. The molecule has 0 aliphatic carbocycles. The van der Waals surface area contributed by atoms with E-state index in [0.717, 1.165) is 0 Å². The van der Waals surface area contributed by atoms with Crippen molar-refractivity contribution < 1.29 is 4.79 Å². The van der Waals surface area contributed by atoms with Crippen LogP contribution in [0.4, 0.5) is 0 Å². The van der Waals surface area contributed by atoms with Crippen molar-refractivity contribution >= 4 is 12.1 Å². The molecular weight excluding hydrogens is 130 g/mol. The van der Waals surface area contributed by atoms with Crippen LogP contribution in [0.15, 0.2) is 17.1 Å². The topological polar surface area (TPSA) is 67.5 Å². The van der Waals surface area contributed by atoms with Crippen LogP contribution in [0, 0.1) is 0 Å². The Kier molecular flexibility index (Phi) is 1.55. The van der Waals surface area contributed by atoms with E-state index in [1.807, 2.05) is 5.43 Å². The van der Waals surface area contributed by atoms with Gasteiger partial charge in [-0.1, -0.05) is 0 Å². The fourth-order valence-corrected chi connectivity index (χ4v) is 0.752. The highest BCUT2D eigenvalue weighted by molar-refractivity contribution is 5.93. The van der Waals surface area contributed by atoms with E-state index < -0.39 is 5.54 Å². The Balaban J connectivity index is 2.79. The van der Waals surface area contributed by atoms with Crippen molar-refractivity contribution in [2.45, 2.75) is 12.5 Å². The highest BCUT2D eigenvalue weighted by atomic mass is 16.2. The Labute approximate surface area is 58.8 Å². The molecule has 0 saturated carbocycles. The average Bonchev–Trinajstić information content (AvgIpc) is 2.36. The Morgan fingerprint density at radius 1 is 1.80 bits per heavy atom. The summed E-state index contributed by atoms with van der Waals surface area (Å²) in [5.41, 5.74) is 1.26. The van der Waals surface area contributed by atoms with Crippen molar-refractivity contribution in [1.29, 1.82) is 0 Å². The zero-order valence-corrected chi connectivity index (χ0v) is 5.66. The van der Waals surface area contributed by atoms with Gasteiger partial charge in [-0.15, -0.1) is 0 Å². The molecule has 0 aromatic carbocycles. The molecule has 10 heavy (non-hydrogen) atoms. The van der Waals surface area contributed by atoms with Crippen molar-refractivity contribution in [3.05, 3.63) is 12.2 Å². The molecule has 4 heteroatoms. The summed E-state index contributed by atoms with van der Waals surface area (Å²) in [7, 11) is 0. The number of carbonyl (C=O) groups is 1. The monoisotopic (exact) mass is 139 g/mol. The quantitative estimate of drug-likeness (QED) is 0.289. The highest BCUT2D eigenvalue weighted by Gasteiger charge is 2.29. The lowest BCUT2D eigenvalue weighted by molar-refractivity contribution is -0.124. The van der Waals surface area contributed by atoms with Gasteiger partial charge in [0.2, 0.25) is 0 Å². The zero-order valence-electron chi connectivity index (χ0n) is 5.66. The van der Waals surface area contributed by atoms with Crippen LogP contribution in [-0.2, 0) is 4.79 Å². The van der Waals surface area contributed by atoms with Gasteiger partial charge in [0.05, 0.1) is 0 Å². The van der Waals surface area contributed by atoms with Crippen LogP contribution in [0.5, 0.6) is 0 Å². The molecule has 1 heterocycles. The first-order valence-electron chi connectivity index (χ1n) is 2.93. The maximum atomic E-state index is 10.9. The molecule has 1 aliphatic heterocycles. The highest BCUT2D eigenvalue weighted by Crippen LogP contribution is 2.14. The van der Waals surface area contributed by atoms with Crippen molar-refractivity contribution in [2.75, 3.05) is 0 Å². The van der Waals surface area contributed by atoms with Crippen molar-refractivity contribution in [2.24, 2.45) is 10.8 Å².